The van der Waals surface area contributed by atoms with E-state index in [1.54, 1.807) is 7.11 Å². The maximum atomic E-state index is 9.25. The van der Waals surface area contributed by atoms with Gasteiger partial charge in [-0.25, -0.2) is 0 Å². The maximum absolute atomic E-state index is 9.25. The summed E-state index contributed by atoms with van der Waals surface area (Å²) in [5.74, 6) is 0. The summed E-state index contributed by atoms with van der Waals surface area (Å²) in [5.41, 5.74) is -0.460. The smallest absolute Gasteiger partial charge is 0.132 e. The number of morpholine rings is 1. The lowest BCUT2D eigenvalue weighted by Crippen LogP contribution is -2.54. The normalized spacial score (nSPS) is 22.6. The fourth-order valence-electron chi connectivity index (χ4n) is 1.83. The molecule has 4 heteroatoms. The average molecular weight is 198 g/mol. The van der Waals surface area contributed by atoms with E-state index in [0.717, 1.165) is 19.5 Å². The van der Waals surface area contributed by atoms with Gasteiger partial charge in [0.1, 0.15) is 5.54 Å². The fraction of sp³-hybridized carbons (Fsp3) is 0.900. The molecular weight excluding hydrogens is 180 g/mol. The van der Waals surface area contributed by atoms with Crippen LogP contribution in [0, 0.1) is 11.3 Å². The van der Waals surface area contributed by atoms with Crippen molar-refractivity contribution >= 4 is 0 Å². The molecule has 0 saturated carbocycles. The van der Waals surface area contributed by atoms with Crippen molar-refractivity contribution in [3.63, 3.8) is 0 Å². The van der Waals surface area contributed by atoms with Crippen LogP contribution >= 0.6 is 0 Å². The fourth-order valence-corrected chi connectivity index (χ4v) is 1.83. The van der Waals surface area contributed by atoms with Gasteiger partial charge in [-0.05, 0) is 6.42 Å². The Morgan fingerprint density at radius 2 is 2.14 bits per heavy atom. The van der Waals surface area contributed by atoms with E-state index in [4.69, 9.17) is 9.47 Å². The third-order valence-electron chi connectivity index (χ3n) is 2.79. The summed E-state index contributed by atoms with van der Waals surface area (Å²) in [6.07, 6.45) is 0.789. The number of methoxy groups -OCH3 is 1. The Hall–Kier alpha value is -0.630. The molecule has 1 saturated heterocycles. The van der Waals surface area contributed by atoms with Crippen LogP contribution in [0.2, 0.25) is 0 Å². The zero-order chi connectivity index (χ0) is 10.4. The molecule has 0 aromatic heterocycles. The molecule has 0 amide bonds. The van der Waals surface area contributed by atoms with Crippen molar-refractivity contribution in [3.8, 4) is 6.07 Å². The molecule has 0 aromatic rings. The summed E-state index contributed by atoms with van der Waals surface area (Å²) in [6, 6.07) is 2.38. The highest BCUT2D eigenvalue weighted by atomic mass is 16.5. The maximum Gasteiger partial charge on any atom is 0.132 e. The van der Waals surface area contributed by atoms with Crippen molar-refractivity contribution in [1.29, 1.82) is 5.26 Å². The van der Waals surface area contributed by atoms with Gasteiger partial charge in [-0.1, -0.05) is 6.92 Å². The Balaban J connectivity index is 2.69. The van der Waals surface area contributed by atoms with Crippen LogP contribution in [0.1, 0.15) is 13.3 Å². The van der Waals surface area contributed by atoms with Crippen LogP contribution in [0.25, 0.3) is 0 Å². The molecule has 14 heavy (non-hydrogen) atoms. The molecule has 0 aromatic carbocycles. The van der Waals surface area contributed by atoms with Crippen LogP contribution < -0.4 is 0 Å². The summed E-state index contributed by atoms with van der Waals surface area (Å²) in [5, 5.41) is 9.25. The van der Waals surface area contributed by atoms with Crippen molar-refractivity contribution in [1.82, 2.24) is 4.90 Å². The molecule has 4 nitrogen and oxygen atoms in total. The summed E-state index contributed by atoms with van der Waals surface area (Å²) in [7, 11) is 1.64. The van der Waals surface area contributed by atoms with Gasteiger partial charge in [0, 0.05) is 20.2 Å². The van der Waals surface area contributed by atoms with E-state index in [0.29, 0.717) is 19.8 Å². The van der Waals surface area contributed by atoms with Gasteiger partial charge < -0.3 is 9.47 Å². The molecule has 1 rings (SSSR count). The SMILES string of the molecule is CCC(C#N)(COC)N1CCOCC1. The lowest BCUT2D eigenvalue weighted by atomic mass is 9.96. The van der Waals surface area contributed by atoms with Gasteiger partial charge in [0.05, 0.1) is 25.9 Å². The Bertz CT molecular complexity index is 209. The predicted molar refractivity (Wildman–Crippen MR) is 52.9 cm³/mol. The van der Waals surface area contributed by atoms with Crippen LogP contribution in [0.4, 0.5) is 0 Å². The van der Waals surface area contributed by atoms with Crippen LogP contribution in [0.5, 0.6) is 0 Å². The van der Waals surface area contributed by atoms with Crippen LogP contribution in [0.3, 0.4) is 0 Å². The Morgan fingerprint density at radius 1 is 1.50 bits per heavy atom. The second-order valence-corrected chi connectivity index (χ2v) is 3.53. The van der Waals surface area contributed by atoms with Gasteiger partial charge >= 0.3 is 0 Å². The van der Waals surface area contributed by atoms with Gasteiger partial charge in [0.15, 0.2) is 0 Å². The van der Waals surface area contributed by atoms with Crippen molar-refractivity contribution in [2.24, 2.45) is 0 Å². The largest absolute Gasteiger partial charge is 0.382 e. The molecular formula is C10H18N2O2. The Morgan fingerprint density at radius 3 is 2.57 bits per heavy atom. The third kappa shape index (κ3) is 2.24. The van der Waals surface area contributed by atoms with Crippen LogP contribution in [-0.4, -0.2) is 50.5 Å². The van der Waals surface area contributed by atoms with Gasteiger partial charge in [0.2, 0.25) is 0 Å². The molecule has 0 aliphatic carbocycles. The summed E-state index contributed by atoms with van der Waals surface area (Å²) in [6.45, 7) is 5.58. The third-order valence-corrected chi connectivity index (χ3v) is 2.79. The van der Waals surface area contributed by atoms with Crippen molar-refractivity contribution in [2.75, 3.05) is 40.0 Å². The molecule has 1 aliphatic rings. The Kier molecular flexibility index (Phi) is 4.33. The highest BCUT2D eigenvalue weighted by Crippen LogP contribution is 2.20. The molecule has 1 atom stereocenters. The number of rotatable bonds is 4. The summed E-state index contributed by atoms with van der Waals surface area (Å²) in [4.78, 5) is 2.17. The predicted octanol–water partition coefficient (Wildman–Crippen LogP) is 0.637. The highest BCUT2D eigenvalue weighted by Gasteiger charge is 2.36. The lowest BCUT2D eigenvalue weighted by molar-refractivity contribution is -0.0301. The first-order valence-corrected chi connectivity index (χ1v) is 5.02. The number of nitrogens with zero attached hydrogens (tertiary/aromatic N) is 2. The number of nitriles is 1. The topological polar surface area (TPSA) is 45.5 Å². The van der Waals surface area contributed by atoms with Crippen molar-refractivity contribution < 1.29 is 9.47 Å². The van der Waals surface area contributed by atoms with Crippen LogP contribution in [0.15, 0.2) is 0 Å². The second kappa shape index (κ2) is 5.30. The summed E-state index contributed by atoms with van der Waals surface area (Å²) < 4.78 is 10.4. The molecule has 0 radical (unpaired) electrons. The minimum absolute atomic E-state index is 0.460. The van der Waals surface area contributed by atoms with E-state index in [1.807, 2.05) is 6.92 Å². The lowest BCUT2D eigenvalue weighted by Gasteiger charge is -2.39. The molecule has 80 valence electrons. The zero-order valence-electron chi connectivity index (χ0n) is 8.95. The first kappa shape index (κ1) is 11.4. The quantitative estimate of drug-likeness (QED) is 0.665. The van der Waals surface area contributed by atoms with Gasteiger partial charge in [0.25, 0.3) is 0 Å². The van der Waals surface area contributed by atoms with Gasteiger partial charge in [-0.15, -0.1) is 0 Å². The molecule has 0 bridgehead atoms. The van der Waals surface area contributed by atoms with E-state index in [-0.39, 0.29) is 0 Å². The standard InChI is InChI=1S/C10H18N2O2/c1-3-10(8-11,9-13-2)12-4-6-14-7-5-12/h3-7,9H2,1-2H3. The van der Waals surface area contributed by atoms with E-state index in [1.165, 1.54) is 0 Å². The molecule has 1 aliphatic heterocycles. The molecule has 1 unspecified atom stereocenters. The highest BCUT2D eigenvalue weighted by molar-refractivity contribution is 5.08. The molecule has 1 fully saturated rings. The summed E-state index contributed by atoms with van der Waals surface area (Å²) >= 11 is 0. The minimum atomic E-state index is -0.460. The first-order valence-electron chi connectivity index (χ1n) is 5.02. The van der Waals surface area contributed by atoms with E-state index < -0.39 is 5.54 Å². The number of ether oxygens (including phenoxy) is 2. The number of hydrogen-bond donors (Lipinski definition) is 0. The van der Waals surface area contributed by atoms with Crippen molar-refractivity contribution in [3.05, 3.63) is 0 Å². The van der Waals surface area contributed by atoms with Crippen molar-refractivity contribution in [2.45, 2.75) is 18.9 Å². The Labute approximate surface area is 85.4 Å². The minimum Gasteiger partial charge on any atom is -0.382 e. The molecule has 0 N–H and O–H groups in total. The monoisotopic (exact) mass is 198 g/mol. The first-order chi connectivity index (χ1) is 6.79. The van der Waals surface area contributed by atoms with Crippen LogP contribution in [-0.2, 0) is 9.47 Å². The number of hydrogen-bond acceptors (Lipinski definition) is 4. The van der Waals surface area contributed by atoms with E-state index in [9.17, 15) is 5.26 Å². The molecule has 0 spiro atoms. The second-order valence-electron chi connectivity index (χ2n) is 3.53. The van der Waals surface area contributed by atoms with E-state index in [2.05, 4.69) is 11.0 Å². The van der Waals surface area contributed by atoms with E-state index >= 15 is 0 Å². The van der Waals surface area contributed by atoms with Gasteiger partial charge in [-0.2, -0.15) is 5.26 Å². The molecule has 1 heterocycles. The van der Waals surface area contributed by atoms with Gasteiger partial charge in [-0.3, -0.25) is 4.90 Å². The average Bonchev–Trinajstić information content (AvgIpc) is 2.27. The zero-order valence-corrected chi connectivity index (χ0v) is 8.95.